The lowest BCUT2D eigenvalue weighted by Gasteiger charge is -2.18. The molecule has 6 nitrogen and oxygen atoms in total. The zero-order valence-electron chi connectivity index (χ0n) is 41.0. The predicted molar refractivity (Wildman–Crippen MR) is 274 cm³/mol. The van der Waals surface area contributed by atoms with E-state index in [0.717, 1.165) is 128 Å². The SMILES string of the molecule is CC\C=C/C=C\C=C/C=C\CCCCCCCC(=O)OC(COC(=O)CCCCC/C=C\C/C=C\C/C=C\C/C=C\CC)COC(=O)CCCCCCCC/C=C\C=C/CCCCC. The van der Waals surface area contributed by atoms with Gasteiger partial charge in [0.15, 0.2) is 6.10 Å². The summed E-state index contributed by atoms with van der Waals surface area (Å²) in [7, 11) is 0. The highest BCUT2D eigenvalue weighted by molar-refractivity contribution is 5.71. The smallest absolute Gasteiger partial charge is 0.306 e. The van der Waals surface area contributed by atoms with Crippen LogP contribution in [-0.4, -0.2) is 37.2 Å². The van der Waals surface area contributed by atoms with Gasteiger partial charge in [0.2, 0.25) is 0 Å². The molecule has 0 heterocycles. The summed E-state index contributed by atoms with van der Waals surface area (Å²) in [4.78, 5) is 38.0. The van der Waals surface area contributed by atoms with E-state index in [1.807, 2.05) is 24.3 Å². The maximum Gasteiger partial charge on any atom is 0.306 e. The van der Waals surface area contributed by atoms with Crippen molar-refractivity contribution in [3.8, 4) is 0 Å². The Bertz CT molecular complexity index is 1390. The number of carbonyl (C=O) groups is 3. The van der Waals surface area contributed by atoms with Gasteiger partial charge in [0, 0.05) is 19.3 Å². The summed E-state index contributed by atoms with van der Waals surface area (Å²) in [5.74, 6) is -0.982. The third-order valence-electron chi connectivity index (χ3n) is 10.3. The summed E-state index contributed by atoms with van der Waals surface area (Å²) in [6.07, 6.45) is 70.3. The van der Waals surface area contributed by atoms with Gasteiger partial charge in [-0.2, -0.15) is 0 Å². The Morgan fingerprint density at radius 3 is 1.17 bits per heavy atom. The Hall–Kier alpha value is -4.19. The van der Waals surface area contributed by atoms with E-state index in [9.17, 15) is 14.4 Å². The summed E-state index contributed by atoms with van der Waals surface area (Å²) in [5, 5.41) is 0. The second-order valence-corrected chi connectivity index (χ2v) is 16.4. The first-order chi connectivity index (χ1) is 31.5. The molecular formula is C58H92O6. The van der Waals surface area contributed by atoms with E-state index in [2.05, 4.69) is 118 Å². The molecule has 0 radical (unpaired) electrons. The van der Waals surface area contributed by atoms with E-state index >= 15 is 0 Å². The van der Waals surface area contributed by atoms with Crippen LogP contribution in [0.4, 0.5) is 0 Å². The molecule has 0 aromatic rings. The highest BCUT2D eigenvalue weighted by atomic mass is 16.6. The lowest BCUT2D eigenvalue weighted by molar-refractivity contribution is -0.167. The fraction of sp³-hybridized carbons (Fsp3) is 0.603. The van der Waals surface area contributed by atoms with Crippen molar-refractivity contribution < 1.29 is 28.6 Å². The van der Waals surface area contributed by atoms with Gasteiger partial charge in [-0.05, 0) is 103 Å². The van der Waals surface area contributed by atoms with Crippen molar-refractivity contribution >= 4 is 17.9 Å². The average Bonchev–Trinajstić information content (AvgIpc) is 3.29. The standard InChI is InChI=1S/C58H92O6/c1-4-7-10-13-16-19-22-25-28-31-33-36-39-42-45-48-51-57(60)63-54-55(64-58(61)52-49-46-43-40-37-34-30-27-24-21-18-15-12-9-6-3)53-62-56(59)50-47-44-41-38-35-32-29-26-23-20-17-14-11-8-5-2/h7,9-10,12,15-21,23-28,30,33,36,55H,4-6,8,11,13-14,22,29,31-32,34-35,37-54H2,1-3H3/b10-7-,12-9-,18-15-,19-16-,20-17-,24-21-,26-23-,28-25-,30-27-,36-33-. The number of esters is 3. The molecule has 0 saturated heterocycles. The lowest BCUT2D eigenvalue weighted by Crippen LogP contribution is -2.30. The fourth-order valence-corrected chi connectivity index (χ4v) is 6.49. The highest BCUT2D eigenvalue weighted by Crippen LogP contribution is 2.13. The van der Waals surface area contributed by atoms with Gasteiger partial charge in [-0.15, -0.1) is 0 Å². The Labute approximate surface area is 392 Å². The fourth-order valence-electron chi connectivity index (χ4n) is 6.49. The number of rotatable bonds is 44. The van der Waals surface area contributed by atoms with Crippen molar-refractivity contribution in [2.24, 2.45) is 0 Å². The van der Waals surface area contributed by atoms with Crippen molar-refractivity contribution in [2.45, 2.75) is 213 Å². The van der Waals surface area contributed by atoms with Gasteiger partial charge in [0.25, 0.3) is 0 Å². The first kappa shape index (κ1) is 59.8. The Balaban J connectivity index is 4.53. The normalized spacial score (nSPS) is 13.1. The van der Waals surface area contributed by atoms with Crippen LogP contribution in [0.15, 0.2) is 122 Å². The van der Waals surface area contributed by atoms with Crippen LogP contribution in [0.2, 0.25) is 0 Å². The molecule has 1 unspecified atom stereocenters. The van der Waals surface area contributed by atoms with Crippen LogP contribution < -0.4 is 0 Å². The molecule has 0 aliphatic rings. The van der Waals surface area contributed by atoms with Gasteiger partial charge in [0.05, 0.1) is 0 Å². The molecule has 0 aromatic heterocycles. The van der Waals surface area contributed by atoms with Crippen molar-refractivity contribution in [3.05, 3.63) is 122 Å². The number of carbonyl (C=O) groups excluding carboxylic acids is 3. The van der Waals surface area contributed by atoms with Crippen LogP contribution in [-0.2, 0) is 28.6 Å². The average molecular weight is 885 g/mol. The maximum absolute atomic E-state index is 12.8. The Morgan fingerprint density at radius 1 is 0.344 bits per heavy atom. The van der Waals surface area contributed by atoms with Crippen molar-refractivity contribution in [1.82, 2.24) is 0 Å². The number of hydrogen-bond donors (Lipinski definition) is 0. The van der Waals surface area contributed by atoms with Gasteiger partial charge >= 0.3 is 17.9 Å². The van der Waals surface area contributed by atoms with Crippen LogP contribution >= 0.6 is 0 Å². The van der Waals surface area contributed by atoms with Gasteiger partial charge in [-0.3, -0.25) is 14.4 Å². The summed E-state index contributed by atoms with van der Waals surface area (Å²) in [6, 6.07) is 0. The number of allylic oxidation sites excluding steroid dienone is 20. The van der Waals surface area contributed by atoms with Gasteiger partial charge < -0.3 is 14.2 Å². The van der Waals surface area contributed by atoms with Crippen LogP contribution in [0.3, 0.4) is 0 Å². The van der Waals surface area contributed by atoms with E-state index in [1.54, 1.807) is 0 Å². The van der Waals surface area contributed by atoms with Crippen LogP contribution in [0.1, 0.15) is 207 Å². The van der Waals surface area contributed by atoms with Crippen LogP contribution in [0.25, 0.3) is 0 Å². The van der Waals surface area contributed by atoms with E-state index in [-0.39, 0.29) is 37.5 Å². The first-order valence-corrected chi connectivity index (χ1v) is 25.6. The molecule has 1 atom stereocenters. The number of hydrogen-bond acceptors (Lipinski definition) is 6. The van der Waals surface area contributed by atoms with Crippen molar-refractivity contribution in [3.63, 3.8) is 0 Å². The van der Waals surface area contributed by atoms with E-state index in [0.29, 0.717) is 12.8 Å². The minimum absolute atomic E-state index is 0.108. The molecule has 0 spiro atoms. The molecule has 6 heteroatoms. The van der Waals surface area contributed by atoms with Gasteiger partial charge in [-0.25, -0.2) is 0 Å². The lowest BCUT2D eigenvalue weighted by atomic mass is 10.1. The van der Waals surface area contributed by atoms with E-state index in [4.69, 9.17) is 14.2 Å². The molecule has 0 saturated carbocycles. The quantitative estimate of drug-likeness (QED) is 0.0199. The highest BCUT2D eigenvalue weighted by Gasteiger charge is 2.19. The Morgan fingerprint density at radius 2 is 0.688 bits per heavy atom. The molecular weight excluding hydrogens is 793 g/mol. The topological polar surface area (TPSA) is 78.9 Å². The Kier molecular flexibility index (Phi) is 48.1. The second kappa shape index (κ2) is 51.4. The molecule has 0 aliphatic carbocycles. The van der Waals surface area contributed by atoms with Crippen LogP contribution in [0.5, 0.6) is 0 Å². The molecule has 0 bridgehead atoms. The number of ether oxygens (including phenoxy) is 3. The molecule has 0 fully saturated rings. The molecule has 0 aliphatic heterocycles. The maximum atomic E-state index is 12.8. The molecule has 0 amide bonds. The summed E-state index contributed by atoms with van der Waals surface area (Å²) >= 11 is 0. The largest absolute Gasteiger partial charge is 0.462 e. The molecule has 360 valence electrons. The van der Waals surface area contributed by atoms with E-state index < -0.39 is 6.10 Å². The number of unbranched alkanes of at least 4 members (excludes halogenated alkanes) is 17. The van der Waals surface area contributed by atoms with E-state index in [1.165, 1.54) is 38.5 Å². The van der Waals surface area contributed by atoms with Crippen LogP contribution in [0, 0.1) is 0 Å². The third kappa shape index (κ3) is 48.8. The van der Waals surface area contributed by atoms with Gasteiger partial charge in [0.1, 0.15) is 13.2 Å². The molecule has 0 aromatic carbocycles. The zero-order chi connectivity index (χ0) is 46.5. The van der Waals surface area contributed by atoms with Gasteiger partial charge in [-0.1, -0.05) is 206 Å². The van der Waals surface area contributed by atoms with Crippen molar-refractivity contribution in [2.75, 3.05) is 13.2 Å². The summed E-state index contributed by atoms with van der Waals surface area (Å²) in [5.41, 5.74) is 0. The monoisotopic (exact) mass is 885 g/mol. The second-order valence-electron chi connectivity index (χ2n) is 16.4. The van der Waals surface area contributed by atoms with Crippen molar-refractivity contribution in [1.29, 1.82) is 0 Å². The first-order valence-electron chi connectivity index (χ1n) is 25.6. The zero-order valence-corrected chi connectivity index (χ0v) is 41.0. The minimum Gasteiger partial charge on any atom is -0.462 e. The predicted octanol–water partition coefficient (Wildman–Crippen LogP) is 16.9. The molecule has 0 N–H and O–H groups in total. The molecule has 64 heavy (non-hydrogen) atoms. The third-order valence-corrected chi connectivity index (χ3v) is 10.3. The summed E-state index contributed by atoms with van der Waals surface area (Å²) < 4.78 is 16.7. The minimum atomic E-state index is -0.812. The summed E-state index contributed by atoms with van der Waals surface area (Å²) in [6.45, 7) is 6.28. The molecule has 0 rings (SSSR count).